The number of aryl methyl sites for hydroxylation is 1. The first-order valence-corrected chi connectivity index (χ1v) is 6.53. The third-order valence-corrected chi connectivity index (χ3v) is 3.03. The van der Waals surface area contributed by atoms with Gasteiger partial charge in [0.25, 0.3) is 0 Å². The van der Waals surface area contributed by atoms with Crippen LogP contribution in [0.1, 0.15) is 0 Å². The molecule has 2 N–H and O–H groups in total. The summed E-state index contributed by atoms with van der Waals surface area (Å²) in [6, 6.07) is 7.42. The second-order valence-electron chi connectivity index (χ2n) is 4.66. The molecule has 0 saturated carbocycles. The number of hydrogen-bond donors (Lipinski definition) is 2. The van der Waals surface area contributed by atoms with E-state index >= 15 is 0 Å². The van der Waals surface area contributed by atoms with Gasteiger partial charge in [-0.3, -0.25) is 10.3 Å². The van der Waals surface area contributed by atoms with Crippen LogP contribution in [0.2, 0.25) is 0 Å². The van der Waals surface area contributed by atoms with Crippen molar-refractivity contribution in [3.8, 4) is 22.6 Å². The van der Waals surface area contributed by atoms with Gasteiger partial charge >= 0.3 is 6.09 Å². The van der Waals surface area contributed by atoms with Gasteiger partial charge in [0, 0.05) is 23.0 Å². The van der Waals surface area contributed by atoms with Crippen LogP contribution < -0.4 is 5.32 Å². The molecule has 2 aromatic heterocycles. The van der Waals surface area contributed by atoms with E-state index in [-0.39, 0.29) is 5.69 Å². The van der Waals surface area contributed by atoms with Crippen LogP contribution in [-0.4, -0.2) is 36.4 Å². The van der Waals surface area contributed by atoms with Crippen molar-refractivity contribution in [3.05, 3.63) is 42.3 Å². The van der Waals surface area contributed by atoms with Crippen LogP contribution in [0.3, 0.4) is 0 Å². The van der Waals surface area contributed by atoms with E-state index in [2.05, 4.69) is 25.7 Å². The number of hydrogen-bond acceptors (Lipinski definition) is 5. The number of benzene rings is 1. The molecule has 0 radical (unpaired) electrons. The van der Waals surface area contributed by atoms with Crippen LogP contribution in [0.5, 0.6) is 0 Å². The number of amides is 1. The fourth-order valence-electron chi connectivity index (χ4n) is 2.02. The van der Waals surface area contributed by atoms with Crippen LogP contribution in [0.4, 0.5) is 14.9 Å². The number of nitrogens with zero attached hydrogens (tertiary/aromatic N) is 5. The van der Waals surface area contributed by atoms with Gasteiger partial charge in [0.15, 0.2) is 0 Å². The second-order valence-corrected chi connectivity index (χ2v) is 4.66. The topological polar surface area (TPSA) is 106 Å². The van der Waals surface area contributed by atoms with E-state index in [0.29, 0.717) is 22.6 Å². The van der Waals surface area contributed by atoms with Gasteiger partial charge in [0.2, 0.25) is 5.82 Å². The Labute approximate surface area is 129 Å². The van der Waals surface area contributed by atoms with Crippen molar-refractivity contribution in [1.82, 2.24) is 25.2 Å². The van der Waals surface area contributed by atoms with Crippen LogP contribution in [0.15, 0.2) is 36.5 Å². The smallest absolute Gasteiger partial charge is 0.409 e. The minimum atomic E-state index is -1.25. The normalized spacial score (nSPS) is 10.5. The number of rotatable bonds is 3. The molecule has 116 valence electrons. The SMILES string of the molecule is Cn1nnc(-c2ccc(-c3ccc(NC(=O)O)cc3F)cn2)n1. The maximum atomic E-state index is 14.1. The lowest BCUT2D eigenvalue weighted by atomic mass is 10.1. The number of nitrogens with one attached hydrogen (secondary N) is 1. The highest BCUT2D eigenvalue weighted by Crippen LogP contribution is 2.26. The van der Waals surface area contributed by atoms with E-state index in [4.69, 9.17) is 5.11 Å². The van der Waals surface area contributed by atoms with Gasteiger partial charge in [-0.05, 0) is 29.5 Å². The van der Waals surface area contributed by atoms with E-state index in [1.165, 1.54) is 23.1 Å². The van der Waals surface area contributed by atoms with Crippen molar-refractivity contribution in [2.45, 2.75) is 0 Å². The van der Waals surface area contributed by atoms with Crippen molar-refractivity contribution >= 4 is 11.8 Å². The third kappa shape index (κ3) is 3.12. The number of pyridine rings is 1. The predicted octanol–water partition coefficient (Wildman–Crippen LogP) is 2.17. The van der Waals surface area contributed by atoms with Crippen molar-refractivity contribution in [1.29, 1.82) is 0 Å². The highest BCUT2D eigenvalue weighted by atomic mass is 19.1. The standard InChI is InChI=1S/C14H11FN6O2/c1-21-19-13(18-20-21)12-5-2-8(7-16-12)10-4-3-9(6-11(10)15)17-14(22)23/h2-7,17H,1H3,(H,22,23). The Morgan fingerprint density at radius 2 is 2.13 bits per heavy atom. The molecule has 9 heteroatoms. The van der Waals surface area contributed by atoms with E-state index < -0.39 is 11.9 Å². The number of halogens is 1. The van der Waals surface area contributed by atoms with Crippen molar-refractivity contribution < 1.29 is 14.3 Å². The van der Waals surface area contributed by atoms with Crippen LogP contribution in [0, 0.1) is 5.82 Å². The van der Waals surface area contributed by atoms with Crippen molar-refractivity contribution in [2.24, 2.45) is 7.05 Å². The molecular weight excluding hydrogens is 303 g/mol. The quantitative estimate of drug-likeness (QED) is 0.767. The lowest BCUT2D eigenvalue weighted by molar-refractivity contribution is 0.209. The zero-order valence-corrected chi connectivity index (χ0v) is 11.9. The molecule has 0 aliphatic rings. The van der Waals surface area contributed by atoms with Crippen molar-refractivity contribution in [2.75, 3.05) is 5.32 Å². The number of tetrazole rings is 1. The Bertz CT molecular complexity index is 862. The summed E-state index contributed by atoms with van der Waals surface area (Å²) < 4.78 is 14.1. The highest BCUT2D eigenvalue weighted by molar-refractivity contribution is 5.83. The first-order chi connectivity index (χ1) is 11.0. The number of aromatic nitrogens is 5. The fourth-order valence-corrected chi connectivity index (χ4v) is 2.02. The van der Waals surface area contributed by atoms with Gasteiger partial charge in [0.1, 0.15) is 11.5 Å². The molecule has 0 aliphatic heterocycles. The maximum Gasteiger partial charge on any atom is 0.409 e. The summed E-state index contributed by atoms with van der Waals surface area (Å²) in [5, 5.41) is 22.3. The Morgan fingerprint density at radius 3 is 2.70 bits per heavy atom. The van der Waals surface area contributed by atoms with Crippen molar-refractivity contribution in [3.63, 3.8) is 0 Å². The predicted molar refractivity (Wildman–Crippen MR) is 79.1 cm³/mol. The van der Waals surface area contributed by atoms with Gasteiger partial charge in [-0.15, -0.1) is 10.2 Å². The molecule has 1 aromatic carbocycles. The van der Waals surface area contributed by atoms with E-state index in [1.54, 1.807) is 19.2 Å². The molecule has 3 rings (SSSR count). The monoisotopic (exact) mass is 314 g/mol. The largest absolute Gasteiger partial charge is 0.465 e. The number of anilines is 1. The lowest BCUT2D eigenvalue weighted by Gasteiger charge is -2.06. The molecule has 23 heavy (non-hydrogen) atoms. The third-order valence-electron chi connectivity index (χ3n) is 3.03. The molecule has 0 spiro atoms. The molecule has 0 unspecified atom stereocenters. The number of carbonyl (C=O) groups is 1. The summed E-state index contributed by atoms with van der Waals surface area (Å²) in [5.41, 5.74) is 1.54. The van der Waals surface area contributed by atoms with Gasteiger partial charge in [-0.25, -0.2) is 9.18 Å². The van der Waals surface area contributed by atoms with Crippen LogP contribution in [0.25, 0.3) is 22.6 Å². The van der Waals surface area contributed by atoms with E-state index in [0.717, 1.165) is 6.07 Å². The minimum absolute atomic E-state index is 0.159. The maximum absolute atomic E-state index is 14.1. The first-order valence-electron chi connectivity index (χ1n) is 6.53. The summed E-state index contributed by atoms with van der Waals surface area (Å²) in [4.78, 5) is 16.1. The summed E-state index contributed by atoms with van der Waals surface area (Å²) in [5.74, 6) is -0.177. The molecule has 0 bridgehead atoms. The molecule has 2 heterocycles. The Kier molecular flexibility index (Phi) is 3.67. The van der Waals surface area contributed by atoms with Gasteiger partial charge in [-0.2, -0.15) is 4.80 Å². The highest BCUT2D eigenvalue weighted by Gasteiger charge is 2.10. The van der Waals surface area contributed by atoms with E-state index in [9.17, 15) is 9.18 Å². The van der Waals surface area contributed by atoms with Crippen LogP contribution >= 0.6 is 0 Å². The molecule has 3 aromatic rings. The lowest BCUT2D eigenvalue weighted by Crippen LogP contribution is -2.07. The summed E-state index contributed by atoms with van der Waals surface area (Å²) >= 11 is 0. The second kappa shape index (κ2) is 5.79. The summed E-state index contributed by atoms with van der Waals surface area (Å²) in [6.07, 6.45) is 0.244. The van der Waals surface area contributed by atoms with Gasteiger partial charge in [-0.1, -0.05) is 6.07 Å². The molecule has 0 saturated heterocycles. The number of carboxylic acid groups (broad SMARTS) is 1. The average Bonchev–Trinajstić information content (AvgIpc) is 2.94. The fraction of sp³-hybridized carbons (Fsp3) is 0.0714. The summed E-state index contributed by atoms with van der Waals surface area (Å²) in [6.45, 7) is 0. The molecular formula is C14H11FN6O2. The zero-order valence-electron chi connectivity index (χ0n) is 11.9. The molecule has 0 aliphatic carbocycles. The van der Waals surface area contributed by atoms with Gasteiger partial charge < -0.3 is 5.11 Å². The van der Waals surface area contributed by atoms with E-state index in [1.807, 2.05) is 0 Å². The van der Waals surface area contributed by atoms with Crippen LogP contribution in [-0.2, 0) is 7.05 Å². The molecule has 0 atom stereocenters. The minimum Gasteiger partial charge on any atom is -0.465 e. The molecule has 0 fully saturated rings. The summed E-state index contributed by atoms with van der Waals surface area (Å²) in [7, 11) is 1.65. The molecule has 8 nitrogen and oxygen atoms in total. The molecule has 1 amide bonds. The zero-order chi connectivity index (χ0) is 16.4. The first kappa shape index (κ1) is 14.6. The average molecular weight is 314 g/mol. The Morgan fingerprint density at radius 1 is 1.30 bits per heavy atom. The van der Waals surface area contributed by atoms with Gasteiger partial charge in [0.05, 0.1) is 7.05 Å². The Hall–Kier alpha value is -3.36. The Balaban J connectivity index is 1.88.